The van der Waals surface area contributed by atoms with Gasteiger partial charge in [0.05, 0.1) is 27.9 Å². The van der Waals surface area contributed by atoms with Crippen LogP contribution in [0.25, 0.3) is 0 Å². The molecule has 0 bridgehead atoms. The van der Waals surface area contributed by atoms with Crippen LogP contribution in [-0.2, 0) is 13.1 Å². The Kier molecular flexibility index (Phi) is 8.07. The van der Waals surface area contributed by atoms with Crippen molar-refractivity contribution < 1.29 is 14.2 Å². The van der Waals surface area contributed by atoms with Gasteiger partial charge in [0.25, 0.3) is 0 Å². The zero-order valence-corrected chi connectivity index (χ0v) is 16.9. The number of benzene rings is 2. The van der Waals surface area contributed by atoms with Gasteiger partial charge in [-0.15, -0.1) is 0 Å². The van der Waals surface area contributed by atoms with Crippen molar-refractivity contribution in [3.8, 4) is 17.2 Å². The van der Waals surface area contributed by atoms with Crippen LogP contribution in [0.4, 0.5) is 0 Å². The van der Waals surface area contributed by atoms with Gasteiger partial charge < -0.3 is 24.8 Å². The molecule has 2 rings (SSSR count). The van der Waals surface area contributed by atoms with E-state index >= 15 is 0 Å². The first kappa shape index (κ1) is 20.7. The SMILES string of the molecule is CCNC(=NCc1cc(OC)c(OC)c(OC)c1)NCc1ccc(Cl)cc1. The highest BCUT2D eigenvalue weighted by atomic mass is 35.5. The highest BCUT2D eigenvalue weighted by molar-refractivity contribution is 6.30. The normalized spacial score (nSPS) is 11.1. The van der Waals surface area contributed by atoms with Crippen molar-refractivity contribution in [3.63, 3.8) is 0 Å². The molecule has 0 saturated heterocycles. The first-order chi connectivity index (χ1) is 13.1. The number of nitrogens with one attached hydrogen (secondary N) is 2. The Bertz CT molecular complexity index is 739. The van der Waals surface area contributed by atoms with Gasteiger partial charge in [-0.05, 0) is 42.3 Å². The third kappa shape index (κ3) is 5.96. The van der Waals surface area contributed by atoms with Crippen LogP contribution in [0.2, 0.25) is 5.02 Å². The van der Waals surface area contributed by atoms with Crippen molar-refractivity contribution in [3.05, 3.63) is 52.5 Å². The summed E-state index contributed by atoms with van der Waals surface area (Å²) in [5, 5.41) is 7.28. The topological polar surface area (TPSA) is 64.1 Å². The molecule has 6 nitrogen and oxygen atoms in total. The predicted molar refractivity (Wildman–Crippen MR) is 109 cm³/mol. The highest BCUT2D eigenvalue weighted by Gasteiger charge is 2.13. The highest BCUT2D eigenvalue weighted by Crippen LogP contribution is 2.38. The van der Waals surface area contributed by atoms with Gasteiger partial charge in [0, 0.05) is 18.1 Å². The molecule has 0 saturated carbocycles. The lowest BCUT2D eigenvalue weighted by molar-refractivity contribution is 0.324. The zero-order chi connectivity index (χ0) is 19.6. The molecule has 0 unspecified atom stereocenters. The van der Waals surface area contributed by atoms with Crippen molar-refractivity contribution >= 4 is 17.6 Å². The van der Waals surface area contributed by atoms with Gasteiger partial charge in [-0.2, -0.15) is 0 Å². The first-order valence-electron chi connectivity index (χ1n) is 8.66. The van der Waals surface area contributed by atoms with Crippen molar-refractivity contribution in [2.75, 3.05) is 27.9 Å². The molecule has 0 amide bonds. The van der Waals surface area contributed by atoms with Gasteiger partial charge in [0.15, 0.2) is 17.5 Å². The fourth-order valence-electron chi connectivity index (χ4n) is 2.53. The third-order valence-electron chi connectivity index (χ3n) is 3.86. The van der Waals surface area contributed by atoms with Gasteiger partial charge in [-0.1, -0.05) is 23.7 Å². The van der Waals surface area contributed by atoms with Gasteiger partial charge in [-0.3, -0.25) is 0 Å². The van der Waals surface area contributed by atoms with E-state index in [1.54, 1.807) is 21.3 Å². The number of rotatable bonds is 8. The number of halogens is 1. The van der Waals surface area contributed by atoms with Crippen LogP contribution in [0.3, 0.4) is 0 Å². The quantitative estimate of drug-likeness (QED) is 0.531. The summed E-state index contributed by atoms with van der Waals surface area (Å²) in [5.74, 6) is 2.52. The molecule has 0 atom stereocenters. The molecular weight excluding hydrogens is 366 g/mol. The van der Waals surface area contributed by atoms with Gasteiger partial charge in [-0.25, -0.2) is 4.99 Å². The summed E-state index contributed by atoms with van der Waals surface area (Å²) in [5.41, 5.74) is 2.07. The summed E-state index contributed by atoms with van der Waals surface area (Å²) in [7, 11) is 4.78. The molecule has 0 spiro atoms. The summed E-state index contributed by atoms with van der Waals surface area (Å²) in [4.78, 5) is 4.64. The van der Waals surface area contributed by atoms with Crippen LogP contribution in [0, 0.1) is 0 Å². The molecule has 2 aromatic rings. The molecular formula is C20H26ClN3O3. The number of hydrogen-bond acceptors (Lipinski definition) is 4. The minimum atomic E-state index is 0.465. The standard InChI is InChI=1S/C20H26ClN3O3/c1-5-22-20(23-12-14-6-8-16(21)9-7-14)24-13-15-10-17(25-2)19(27-4)18(11-15)26-3/h6-11H,5,12-13H2,1-4H3,(H2,22,23,24). The molecule has 7 heteroatoms. The largest absolute Gasteiger partial charge is 0.493 e. The number of ether oxygens (including phenoxy) is 3. The monoisotopic (exact) mass is 391 g/mol. The van der Waals surface area contributed by atoms with Crippen LogP contribution in [-0.4, -0.2) is 33.8 Å². The second-order valence-corrected chi connectivity index (χ2v) is 6.15. The Balaban J connectivity index is 2.12. The van der Waals surface area contributed by atoms with E-state index in [9.17, 15) is 0 Å². The van der Waals surface area contributed by atoms with E-state index in [0.717, 1.165) is 28.7 Å². The summed E-state index contributed by atoms with van der Waals surface area (Å²) in [6, 6.07) is 11.5. The fourth-order valence-corrected chi connectivity index (χ4v) is 2.65. The maximum Gasteiger partial charge on any atom is 0.203 e. The lowest BCUT2D eigenvalue weighted by Crippen LogP contribution is -2.36. The lowest BCUT2D eigenvalue weighted by Gasteiger charge is -2.14. The molecule has 0 aliphatic rings. The van der Waals surface area contributed by atoms with E-state index in [1.807, 2.05) is 43.3 Å². The molecule has 0 radical (unpaired) electrons. The molecule has 0 aliphatic carbocycles. The van der Waals surface area contributed by atoms with E-state index < -0.39 is 0 Å². The van der Waals surface area contributed by atoms with Gasteiger partial charge in [0.2, 0.25) is 5.75 Å². The lowest BCUT2D eigenvalue weighted by atomic mass is 10.2. The summed E-state index contributed by atoms with van der Waals surface area (Å²) >= 11 is 5.93. The molecule has 27 heavy (non-hydrogen) atoms. The van der Waals surface area contributed by atoms with Crippen LogP contribution in [0.15, 0.2) is 41.4 Å². The molecule has 0 fully saturated rings. The summed E-state index contributed by atoms with van der Waals surface area (Å²) in [6.45, 7) is 3.91. The van der Waals surface area contributed by atoms with Crippen molar-refractivity contribution in [1.82, 2.24) is 10.6 Å². The van der Waals surface area contributed by atoms with Crippen molar-refractivity contribution in [1.29, 1.82) is 0 Å². The van der Waals surface area contributed by atoms with Crippen LogP contribution in [0.1, 0.15) is 18.1 Å². The Morgan fingerprint density at radius 2 is 1.56 bits per heavy atom. The number of guanidine groups is 1. The van der Waals surface area contributed by atoms with Crippen LogP contribution in [0.5, 0.6) is 17.2 Å². The van der Waals surface area contributed by atoms with Crippen LogP contribution < -0.4 is 24.8 Å². The minimum Gasteiger partial charge on any atom is -0.493 e. The second kappa shape index (κ2) is 10.5. The predicted octanol–water partition coefficient (Wildman–Crippen LogP) is 3.62. The molecule has 2 N–H and O–H groups in total. The smallest absolute Gasteiger partial charge is 0.203 e. The van der Waals surface area contributed by atoms with Crippen molar-refractivity contribution in [2.45, 2.75) is 20.0 Å². The maximum atomic E-state index is 5.93. The number of aliphatic imine (C=N–C) groups is 1. The Morgan fingerprint density at radius 1 is 0.926 bits per heavy atom. The van der Waals surface area contributed by atoms with E-state index in [-0.39, 0.29) is 0 Å². The summed E-state index contributed by atoms with van der Waals surface area (Å²) < 4.78 is 16.1. The number of hydrogen-bond donors (Lipinski definition) is 2. The fraction of sp³-hybridized carbons (Fsp3) is 0.350. The summed E-state index contributed by atoms with van der Waals surface area (Å²) in [6.07, 6.45) is 0. The van der Waals surface area contributed by atoms with E-state index in [1.165, 1.54) is 0 Å². The molecule has 146 valence electrons. The second-order valence-electron chi connectivity index (χ2n) is 5.71. The van der Waals surface area contributed by atoms with E-state index in [4.69, 9.17) is 25.8 Å². The van der Waals surface area contributed by atoms with Gasteiger partial charge >= 0.3 is 0 Å². The van der Waals surface area contributed by atoms with E-state index in [0.29, 0.717) is 30.3 Å². The maximum absolute atomic E-state index is 5.93. The van der Waals surface area contributed by atoms with Gasteiger partial charge in [0.1, 0.15) is 0 Å². The number of nitrogens with zero attached hydrogens (tertiary/aromatic N) is 1. The average molecular weight is 392 g/mol. The minimum absolute atomic E-state index is 0.465. The molecule has 0 aliphatic heterocycles. The Hall–Kier alpha value is -2.60. The van der Waals surface area contributed by atoms with Crippen molar-refractivity contribution in [2.24, 2.45) is 4.99 Å². The zero-order valence-electron chi connectivity index (χ0n) is 16.1. The third-order valence-corrected chi connectivity index (χ3v) is 4.11. The van der Waals surface area contributed by atoms with E-state index in [2.05, 4.69) is 15.6 Å². The molecule has 0 aromatic heterocycles. The van der Waals surface area contributed by atoms with Crippen LogP contribution >= 0.6 is 11.6 Å². The molecule has 2 aromatic carbocycles. The Labute approximate surface area is 165 Å². The average Bonchev–Trinajstić information content (AvgIpc) is 2.70. The number of methoxy groups -OCH3 is 3. The Morgan fingerprint density at radius 3 is 2.07 bits per heavy atom. The first-order valence-corrected chi connectivity index (χ1v) is 9.04. The molecule has 0 heterocycles.